The van der Waals surface area contributed by atoms with Crippen molar-refractivity contribution in [2.24, 2.45) is 5.92 Å². The Kier molecular flexibility index (Phi) is 4.95. The third kappa shape index (κ3) is 3.68. The van der Waals surface area contributed by atoms with Crippen LogP contribution in [0.25, 0.3) is 10.9 Å². The molecule has 2 heterocycles. The molecule has 1 atom stereocenters. The molecule has 0 aliphatic heterocycles. The monoisotopic (exact) mass is 396 g/mol. The van der Waals surface area contributed by atoms with Gasteiger partial charge in [-0.05, 0) is 48.9 Å². The van der Waals surface area contributed by atoms with Gasteiger partial charge in [-0.15, -0.1) is 11.3 Å². The van der Waals surface area contributed by atoms with Gasteiger partial charge < -0.3 is 0 Å². The first-order valence-corrected chi connectivity index (χ1v) is 9.98. The number of aryl methyl sites for hydroxylation is 1. The van der Waals surface area contributed by atoms with E-state index in [0.29, 0.717) is 21.7 Å². The molecule has 1 aliphatic rings. The number of carbonyl (C=O) groups is 2. The van der Waals surface area contributed by atoms with Crippen LogP contribution in [0.2, 0.25) is 0 Å². The van der Waals surface area contributed by atoms with Crippen molar-refractivity contribution < 1.29 is 9.59 Å². The maximum atomic E-state index is 12.4. The van der Waals surface area contributed by atoms with E-state index in [1.54, 1.807) is 24.3 Å². The molecule has 8 heteroatoms. The number of rotatable bonds is 3. The minimum Gasteiger partial charge on any atom is -0.289 e. The predicted octanol–water partition coefficient (Wildman–Crippen LogP) is 2.04. The molecule has 0 saturated heterocycles. The molecule has 0 radical (unpaired) electrons. The van der Waals surface area contributed by atoms with E-state index in [1.165, 1.54) is 32.7 Å². The maximum absolute atomic E-state index is 12.4. The second-order valence-electron chi connectivity index (χ2n) is 7.10. The van der Waals surface area contributed by atoms with Gasteiger partial charge in [0.25, 0.3) is 17.4 Å². The summed E-state index contributed by atoms with van der Waals surface area (Å²) in [5, 5.41) is 0.445. The number of benzene rings is 1. The van der Waals surface area contributed by atoms with Crippen molar-refractivity contribution >= 4 is 34.1 Å². The van der Waals surface area contributed by atoms with Gasteiger partial charge in [0.15, 0.2) is 0 Å². The van der Waals surface area contributed by atoms with Crippen molar-refractivity contribution in [3.63, 3.8) is 0 Å². The highest BCUT2D eigenvalue weighted by Crippen LogP contribution is 2.32. The number of hydrogen-bond donors (Lipinski definition) is 2. The van der Waals surface area contributed by atoms with Gasteiger partial charge in [-0.2, -0.15) is 0 Å². The zero-order valence-corrected chi connectivity index (χ0v) is 16.2. The van der Waals surface area contributed by atoms with Gasteiger partial charge in [0.05, 0.1) is 22.1 Å². The van der Waals surface area contributed by atoms with E-state index in [9.17, 15) is 14.4 Å². The van der Waals surface area contributed by atoms with E-state index in [4.69, 9.17) is 0 Å². The minimum atomic E-state index is -0.498. The normalized spacial score (nSPS) is 15.8. The van der Waals surface area contributed by atoms with E-state index in [2.05, 4.69) is 22.8 Å². The van der Waals surface area contributed by atoms with Crippen LogP contribution in [0.5, 0.6) is 0 Å². The maximum Gasteiger partial charge on any atom is 0.279 e. The van der Waals surface area contributed by atoms with Crippen molar-refractivity contribution in [3.8, 4) is 0 Å². The molecule has 0 saturated carbocycles. The summed E-state index contributed by atoms with van der Waals surface area (Å²) in [6, 6.07) is 8.86. The summed E-state index contributed by atoms with van der Waals surface area (Å²) in [5.41, 5.74) is 6.32. The quantitative estimate of drug-likeness (QED) is 0.663. The second-order valence-corrected chi connectivity index (χ2v) is 8.24. The molecular weight excluding hydrogens is 376 g/mol. The fourth-order valence-corrected chi connectivity index (χ4v) is 4.52. The molecular formula is C20H20N4O3S. The summed E-state index contributed by atoms with van der Waals surface area (Å²) in [4.78, 5) is 42.9. The molecule has 2 N–H and O–H groups in total. The van der Waals surface area contributed by atoms with Crippen molar-refractivity contribution in [2.75, 3.05) is 0 Å². The Labute approximate surface area is 165 Å². The highest BCUT2D eigenvalue weighted by atomic mass is 32.1. The standard InChI is InChI=1S/C20H20N4O3S/c1-12-6-7-16-13(8-12)9-17(28-16)19(26)23-22-18(25)10-24-11-21-15-5-3-2-4-14(15)20(24)27/h2-5,9,11-12H,6-8,10H2,1H3,(H,22,25)(H,23,26)/t12-/m1/s1. The van der Waals surface area contributed by atoms with E-state index < -0.39 is 5.91 Å². The number of aromatic nitrogens is 2. The number of amides is 2. The van der Waals surface area contributed by atoms with Gasteiger partial charge in [0.1, 0.15) is 6.54 Å². The van der Waals surface area contributed by atoms with Crippen LogP contribution >= 0.6 is 11.3 Å². The Morgan fingerprint density at radius 2 is 2.11 bits per heavy atom. The summed E-state index contributed by atoms with van der Waals surface area (Å²) in [7, 11) is 0. The molecule has 28 heavy (non-hydrogen) atoms. The lowest BCUT2D eigenvalue weighted by atomic mass is 9.90. The van der Waals surface area contributed by atoms with Crippen molar-refractivity contribution in [1.82, 2.24) is 20.4 Å². The lowest BCUT2D eigenvalue weighted by molar-refractivity contribution is -0.122. The summed E-state index contributed by atoms with van der Waals surface area (Å²) < 4.78 is 1.22. The van der Waals surface area contributed by atoms with E-state index in [1.807, 2.05) is 6.07 Å². The summed E-state index contributed by atoms with van der Waals surface area (Å²) in [5.74, 6) is -0.210. The molecule has 7 nitrogen and oxygen atoms in total. The number of thiophene rings is 1. The van der Waals surface area contributed by atoms with Gasteiger partial charge in [-0.25, -0.2) is 4.98 Å². The number of fused-ring (bicyclic) bond motifs is 2. The number of nitrogens with one attached hydrogen (secondary N) is 2. The van der Waals surface area contributed by atoms with Crippen LogP contribution in [0.4, 0.5) is 0 Å². The Morgan fingerprint density at radius 3 is 2.96 bits per heavy atom. The molecule has 2 amide bonds. The molecule has 4 rings (SSSR count). The zero-order chi connectivity index (χ0) is 19.7. The van der Waals surface area contributed by atoms with Crippen LogP contribution in [-0.4, -0.2) is 21.4 Å². The summed E-state index contributed by atoms with van der Waals surface area (Å²) >= 11 is 1.48. The number of hydrazine groups is 1. The highest BCUT2D eigenvalue weighted by Gasteiger charge is 2.21. The van der Waals surface area contributed by atoms with Crippen molar-refractivity contribution in [3.05, 3.63) is 62.3 Å². The van der Waals surface area contributed by atoms with Gasteiger partial charge in [0, 0.05) is 4.88 Å². The largest absolute Gasteiger partial charge is 0.289 e. The average molecular weight is 396 g/mol. The van der Waals surface area contributed by atoms with Crippen LogP contribution in [0, 0.1) is 5.92 Å². The smallest absolute Gasteiger partial charge is 0.279 e. The Balaban J connectivity index is 1.39. The number of carbonyl (C=O) groups excluding carboxylic acids is 2. The van der Waals surface area contributed by atoms with Crippen LogP contribution < -0.4 is 16.4 Å². The first-order chi connectivity index (χ1) is 13.5. The Hall–Kier alpha value is -3.00. The SMILES string of the molecule is C[C@@H]1CCc2sc(C(=O)NNC(=O)Cn3cnc4ccccc4c3=O)cc2C1. The molecule has 0 bridgehead atoms. The predicted molar refractivity (Wildman–Crippen MR) is 107 cm³/mol. The number of hydrogen-bond acceptors (Lipinski definition) is 5. The minimum absolute atomic E-state index is 0.227. The van der Waals surface area contributed by atoms with E-state index in [0.717, 1.165) is 19.3 Å². The molecule has 2 aromatic heterocycles. The van der Waals surface area contributed by atoms with Gasteiger partial charge in [-0.1, -0.05) is 19.1 Å². The highest BCUT2D eigenvalue weighted by molar-refractivity contribution is 7.14. The summed E-state index contributed by atoms with van der Waals surface area (Å²) in [6.45, 7) is 1.99. The lowest BCUT2D eigenvalue weighted by Crippen LogP contribution is -2.44. The third-order valence-corrected chi connectivity index (χ3v) is 6.15. The first kappa shape index (κ1) is 18.4. The average Bonchev–Trinajstić information content (AvgIpc) is 3.12. The van der Waals surface area contributed by atoms with Crippen LogP contribution in [0.3, 0.4) is 0 Å². The van der Waals surface area contributed by atoms with E-state index in [-0.39, 0.29) is 18.0 Å². The molecule has 1 aliphatic carbocycles. The van der Waals surface area contributed by atoms with Gasteiger partial charge in [-0.3, -0.25) is 29.8 Å². The fourth-order valence-electron chi connectivity index (χ4n) is 3.42. The van der Waals surface area contributed by atoms with Gasteiger partial charge >= 0.3 is 0 Å². The molecule has 0 unspecified atom stereocenters. The van der Waals surface area contributed by atoms with E-state index >= 15 is 0 Å². The Bertz CT molecular complexity index is 1120. The van der Waals surface area contributed by atoms with Crippen molar-refractivity contribution in [1.29, 1.82) is 0 Å². The number of nitrogens with zero attached hydrogens (tertiary/aromatic N) is 2. The van der Waals surface area contributed by atoms with Gasteiger partial charge in [0.2, 0.25) is 0 Å². The number of para-hydroxylation sites is 1. The van der Waals surface area contributed by atoms with Crippen LogP contribution in [0.1, 0.15) is 33.5 Å². The third-order valence-electron chi connectivity index (χ3n) is 4.91. The fraction of sp³-hybridized carbons (Fsp3) is 0.300. The lowest BCUT2D eigenvalue weighted by Gasteiger charge is -2.16. The second kappa shape index (κ2) is 7.55. The zero-order valence-electron chi connectivity index (χ0n) is 15.4. The summed E-state index contributed by atoms with van der Waals surface area (Å²) in [6.07, 6.45) is 4.46. The molecule has 144 valence electrons. The molecule has 3 aromatic rings. The molecule has 1 aromatic carbocycles. The van der Waals surface area contributed by atoms with Crippen molar-refractivity contribution in [2.45, 2.75) is 32.7 Å². The Morgan fingerprint density at radius 1 is 1.29 bits per heavy atom. The van der Waals surface area contributed by atoms with Crippen LogP contribution in [-0.2, 0) is 24.2 Å². The molecule has 0 spiro atoms. The topological polar surface area (TPSA) is 93.1 Å². The molecule has 0 fully saturated rings. The van der Waals surface area contributed by atoms with Crippen LogP contribution in [0.15, 0.2) is 41.5 Å². The first-order valence-electron chi connectivity index (χ1n) is 9.16.